The van der Waals surface area contributed by atoms with Gasteiger partial charge in [0.2, 0.25) is 0 Å². The second-order valence-electron chi connectivity index (χ2n) is 3.78. The molecular formula is C8H10Cl2N2O. The summed E-state index contributed by atoms with van der Waals surface area (Å²) in [5.41, 5.74) is 0.640. The van der Waals surface area contributed by atoms with Crippen LogP contribution in [0.4, 0.5) is 0 Å². The Hall–Kier alpha value is -0.540. The topological polar surface area (TPSA) is 45.8 Å². The lowest BCUT2D eigenvalue weighted by Gasteiger charge is -2.15. The van der Waals surface area contributed by atoms with E-state index in [9.17, 15) is 4.79 Å². The molecule has 13 heavy (non-hydrogen) atoms. The van der Waals surface area contributed by atoms with Crippen molar-refractivity contribution in [3.8, 4) is 0 Å². The van der Waals surface area contributed by atoms with E-state index in [1.165, 1.54) is 0 Å². The van der Waals surface area contributed by atoms with Crippen LogP contribution in [-0.2, 0) is 5.41 Å². The van der Waals surface area contributed by atoms with Crippen LogP contribution < -0.4 is 0 Å². The summed E-state index contributed by atoms with van der Waals surface area (Å²) >= 11 is 11.2. The Labute approximate surface area is 86.4 Å². The molecule has 72 valence electrons. The van der Waals surface area contributed by atoms with Gasteiger partial charge in [-0.1, -0.05) is 32.4 Å². The number of aromatic nitrogens is 2. The van der Waals surface area contributed by atoms with Crippen molar-refractivity contribution in [3.63, 3.8) is 0 Å². The van der Waals surface area contributed by atoms with Crippen LogP contribution in [0.25, 0.3) is 0 Å². The highest BCUT2D eigenvalue weighted by atomic mass is 35.5. The summed E-state index contributed by atoms with van der Waals surface area (Å²) in [5.74, 6) is 0. The van der Waals surface area contributed by atoms with Crippen molar-refractivity contribution in [2.24, 2.45) is 0 Å². The molecule has 0 aliphatic heterocycles. The fraction of sp³-hybridized carbons (Fsp3) is 0.500. The summed E-state index contributed by atoms with van der Waals surface area (Å²) in [5, 5.41) is 6.12. The molecule has 1 N–H and O–H groups in total. The Morgan fingerprint density at radius 1 is 1.46 bits per heavy atom. The molecule has 0 aliphatic rings. The van der Waals surface area contributed by atoms with Crippen LogP contribution in [0.2, 0.25) is 5.02 Å². The Kier molecular flexibility index (Phi) is 2.68. The van der Waals surface area contributed by atoms with E-state index >= 15 is 0 Å². The van der Waals surface area contributed by atoms with E-state index in [1.54, 1.807) is 0 Å². The zero-order valence-electron chi connectivity index (χ0n) is 7.61. The molecule has 3 nitrogen and oxygen atoms in total. The molecule has 0 spiro atoms. The fourth-order valence-electron chi connectivity index (χ4n) is 0.956. The molecule has 1 aromatic rings. The molecule has 0 saturated heterocycles. The number of hydrogen-bond acceptors (Lipinski definition) is 2. The zero-order valence-corrected chi connectivity index (χ0v) is 9.12. The predicted octanol–water partition coefficient (Wildman–Crippen LogP) is 2.74. The van der Waals surface area contributed by atoms with Gasteiger partial charge in [-0.25, -0.2) is 0 Å². The minimum absolute atomic E-state index is 0.0910. The molecule has 0 fully saturated rings. The summed E-state index contributed by atoms with van der Waals surface area (Å²) in [4.78, 5) is 10.8. The quantitative estimate of drug-likeness (QED) is 0.741. The highest BCUT2D eigenvalue weighted by molar-refractivity contribution is 6.68. The maximum Gasteiger partial charge on any atom is 0.274 e. The van der Waals surface area contributed by atoms with Crippen molar-refractivity contribution in [3.05, 3.63) is 16.4 Å². The molecule has 0 bridgehead atoms. The van der Waals surface area contributed by atoms with Crippen LogP contribution >= 0.6 is 23.2 Å². The molecule has 0 aromatic carbocycles. The Bertz CT molecular complexity index is 338. The van der Waals surface area contributed by atoms with Crippen LogP contribution in [0, 0.1) is 0 Å². The van der Waals surface area contributed by atoms with E-state index in [-0.39, 0.29) is 11.1 Å². The Morgan fingerprint density at radius 3 is 2.23 bits per heavy atom. The maximum atomic E-state index is 10.8. The van der Waals surface area contributed by atoms with Gasteiger partial charge < -0.3 is 0 Å². The zero-order chi connectivity index (χ0) is 10.2. The summed E-state index contributed by atoms with van der Waals surface area (Å²) in [7, 11) is 0. The van der Waals surface area contributed by atoms with Gasteiger partial charge in [-0.2, -0.15) is 5.10 Å². The van der Waals surface area contributed by atoms with Gasteiger partial charge in [0.15, 0.2) is 5.69 Å². The third-order valence-electron chi connectivity index (χ3n) is 1.64. The number of nitrogens with one attached hydrogen (secondary N) is 1. The number of carbonyl (C=O) groups is 1. The molecule has 0 radical (unpaired) electrons. The number of nitrogens with zero attached hydrogens (tertiary/aromatic N) is 1. The second kappa shape index (κ2) is 3.31. The van der Waals surface area contributed by atoms with Crippen molar-refractivity contribution < 1.29 is 4.79 Å². The summed E-state index contributed by atoms with van der Waals surface area (Å²) in [6.07, 6.45) is 0. The molecule has 0 atom stereocenters. The molecule has 1 heterocycles. The average Bonchev–Trinajstić information content (AvgIpc) is 2.28. The standard InChI is InChI=1S/C8H10Cl2N2O/c1-8(2,3)6-4(9)5(7(10)13)11-12-6/h1-3H3,(H,11,12). The molecule has 0 unspecified atom stereocenters. The van der Waals surface area contributed by atoms with Gasteiger partial charge >= 0.3 is 0 Å². The van der Waals surface area contributed by atoms with E-state index < -0.39 is 5.24 Å². The van der Waals surface area contributed by atoms with Crippen LogP contribution in [-0.4, -0.2) is 15.4 Å². The fourth-order valence-corrected chi connectivity index (χ4v) is 1.59. The van der Waals surface area contributed by atoms with Crippen LogP contribution in [0.3, 0.4) is 0 Å². The van der Waals surface area contributed by atoms with Crippen molar-refractivity contribution in [1.29, 1.82) is 0 Å². The van der Waals surface area contributed by atoms with E-state index in [0.717, 1.165) is 5.69 Å². The summed E-state index contributed by atoms with van der Waals surface area (Å²) in [6.45, 7) is 5.90. The van der Waals surface area contributed by atoms with E-state index in [1.807, 2.05) is 20.8 Å². The minimum Gasteiger partial charge on any atom is -0.280 e. The third-order valence-corrected chi connectivity index (χ3v) is 2.19. The molecule has 1 aromatic heterocycles. The molecule has 0 saturated carbocycles. The van der Waals surface area contributed by atoms with Crippen LogP contribution in [0.5, 0.6) is 0 Å². The average molecular weight is 221 g/mol. The first-order chi connectivity index (χ1) is 5.84. The van der Waals surface area contributed by atoms with Gasteiger partial charge in [-0.15, -0.1) is 0 Å². The van der Waals surface area contributed by atoms with Crippen molar-refractivity contribution in [2.75, 3.05) is 0 Å². The van der Waals surface area contributed by atoms with Crippen LogP contribution in [0.15, 0.2) is 0 Å². The largest absolute Gasteiger partial charge is 0.280 e. The number of halogens is 2. The van der Waals surface area contributed by atoms with Crippen molar-refractivity contribution >= 4 is 28.4 Å². The predicted molar refractivity (Wildman–Crippen MR) is 52.5 cm³/mol. The van der Waals surface area contributed by atoms with E-state index in [2.05, 4.69) is 10.2 Å². The van der Waals surface area contributed by atoms with Gasteiger partial charge in [0.1, 0.15) is 0 Å². The number of H-pyrrole nitrogens is 1. The number of hydrogen-bond donors (Lipinski definition) is 1. The first kappa shape index (κ1) is 10.5. The lowest BCUT2D eigenvalue weighted by atomic mass is 9.92. The number of aromatic amines is 1. The van der Waals surface area contributed by atoms with Gasteiger partial charge in [-0.05, 0) is 11.6 Å². The normalized spacial score (nSPS) is 11.8. The van der Waals surface area contributed by atoms with Gasteiger partial charge in [0.05, 0.1) is 10.7 Å². The highest BCUT2D eigenvalue weighted by Crippen LogP contribution is 2.30. The maximum absolute atomic E-state index is 10.8. The van der Waals surface area contributed by atoms with Crippen molar-refractivity contribution in [1.82, 2.24) is 10.2 Å². The number of rotatable bonds is 1. The smallest absolute Gasteiger partial charge is 0.274 e. The third kappa shape index (κ3) is 2.03. The Balaban J connectivity index is 3.22. The second-order valence-corrected chi connectivity index (χ2v) is 4.51. The first-order valence-electron chi connectivity index (χ1n) is 3.78. The van der Waals surface area contributed by atoms with Gasteiger partial charge in [-0.3, -0.25) is 9.89 Å². The van der Waals surface area contributed by atoms with Gasteiger partial charge in [0, 0.05) is 5.41 Å². The Morgan fingerprint density at radius 2 is 2.00 bits per heavy atom. The molecule has 0 amide bonds. The molecule has 0 aliphatic carbocycles. The molecular weight excluding hydrogens is 211 g/mol. The monoisotopic (exact) mass is 220 g/mol. The van der Waals surface area contributed by atoms with E-state index in [4.69, 9.17) is 23.2 Å². The van der Waals surface area contributed by atoms with Crippen molar-refractivity contribution in [2.45, 2.75) is 26.2 Å². The molecule has 5 heteroatoms. The highest BCUT2D eigenvalue weighted by Gasteiger charge is 2.24. The van der Waals surface area contributed by atoms with Gasteiger partial charge in [0.25, 0.3) is 5.24 Å². The lowest BCUT2D eigenvalue weighted by molar-refractivity contribution is 0.107. The molecule has 1 rings (SSSR count). The lowest BCUT2D eigenvalue weighted by Crippen LogP contribution is -2.12. The summed E-state index contributed by atoms with van der Waals surface area (Å²) < 4.78 is 0. The van der Waals surface area contributed by atoms with Crippen LogP contribution in [0.1, 0.15) is 37.0 Å². The SMILES string of the molecule is CC(C)(C)c1[nH]nc(C(=O)Cl)c1Cl. The first-order valence-corrected chi connectivity index (χ1v) is 4.54. The number of carbonyl (C=O) groups excluding carboxylic acids is 1. The minimum atomic E-state index is -0.642. The summed E-state index contributed by atoms with van der Waals surface area (Å²) in [6, 6.07) is 0. The van der Waals surface area contributed by atoms with E-state index in [0.29, 0.717) is 5.02 Å².